The van der Waals surface area contributed by atoms with Gasteiger partial charge in [0.05, 0.1) is 24.4 Å². The highest BCUT2D eigenvalue weighted by atomic mass is 32.1. The lowest BCUT2D eigenvalue weighted by atomic mass is 9.98. The maximum Gasteiger partial charge on any atom is 0.129 e. The molecule has 1 atom stereocenters. The summed E-state index contributed by atoms with van der Waals surface area (Å²) in [5, 5.41) is 4.44. The van der Waals surface area contributed by atoms with Crippen LogP contribution in [0.3, 0.4) is 0 Å². The lowest BCUT2D eigenvalue weighted by molar-refractivity contribution is 0.416. The van der Waals surface area contributed by atoms with Crippen LogP contribution >= 0.6 is 11.3 Å². The number of aryl methyl sites for hydroxylation is 1. The monoisotopic (exact) mass is 274 g/mol. The molecule has 4 heteroatoms. The molecule has 1 aliphatic carbocycles. The number of thiazole rings is 1. The standard InChI is InChI=1S/C15H18N2OS/c1-16-11-7-5-9-13-14(11)17-15(19-13)10-6-3-4-8-12(10)18-2/h3-4,6,8,11,16H,5,7,9H2,1-2H3. The Labute approximate surface area is 117 Å². The highest BCUT2D eigenvalue weighted by molar-refractivity contribution is 7.15. The second-order valence-corrected chi connectivity index (χ2v) is 5.84. The molecule has 1 N–H and O–H groups in total. The Morgan fingerprint density at radius 2 is 2.21 bits per heavy atom. The van der Waals surface area contributed by atoms with Gasteiger partial charge < -0.3 is 10.1 Å². The molecule has 0 saturated heterocycles. The van der Waals surface area contributed by atoms with Crippen LogP contribution in [-0.4, -0.2) is 19.1 Å². The minimum atomic E-state index is 0.406. The number of hydrogen-bond acceptors (Lipinski definition) is 4. The van der Waals surface area contributed by atoms with E-state index in [1.807, 2.05) is 25.2 Å². The van der Waals surface area contributed by atoms with Crippen molar-refractivity contribution in [1.29, 1.82) is 0 Å². The average molecular weight is 274 g/mol. The van der Waals surface area contributed by atoms with Gasteiger partial charge in [0, 0.05) is 4.88 Å². The molecule has 0 amide bonds. The van der Waals surface area contributed by atoms with E-state index in [1.165, 1.54) is 23.4 Å². The van der Waals surface area contributed by atoms with Crippen molar-refractivity contribution in [2.24, 2.45) is 0 Å². The first-order valence-electron chi connectivity index (χ1n) is 6.63. The fourth-order valence-electron chi connectivity index (χ4n) is 2.64. The third kappa shape index (κ3) is 2.26. The van der Waals surface area contributed by atoms with Crippen LogP contribution < -0.4 is 10.1 Å². The third-order valence-corrected chi connectivity index (χ3v) is 4.80. The lowest BCUT2D eigenvalue weighted by Crippen LogP contribution is -2.21. The van der Waals surface area contributed by atoms with Gasteiger partial charge in [-0.15, -0.1) is 11.3 Å². The second-order valence-electron chi connectivity index (χ2n) is 4.76. The van der Waals surface area contributed by atoms with Crippen molar-refractivity contribution in [2.75, 3.05) is 14.2 Å². The zero-order valence-corrected chi connectivity index (χ0v) is 12.1. The number of aromatic nitrogens is 1. The van der Waals surface area contributed by atoms with Gasteiger partial charge in [-0.05, 0) is 38.4 Å². The van der Waals surface area contributed by atoms with Gasteiger partial charge in [0.2, 0.25) is 0 Å². The predicted octanol–water partition coefficient (Wildman–Crippen LogP) is 3.42. The number of rotatable bonds is 3. The van der Waals surface area contributed by atoms with E-state index < -0.39 is 0 Å². The summed E-state index contributed by atoms with van der Waals surface area (Å²) in [6, 6.07) is 8.51. The quantitative estimate of drug-likeness (QED) is 0.931. The summed E-state index contributed by atoms with van der Waals surface area (Å²) in [5.74, 6) is 0.898. The number of nitrogens with zero attached hydrogens (tertiary/aromatic N) is 1. The molecule has 0 saturated carbocycles. The van der Waals surface area contributed by atoms with Crippen molar-refractivity contribution in [1.82, 2.24) is 10.3 Å². The predicted molar refractivity (Wildman–Crippen MR) is 78.8 cm³/mol. The van der Waals surface area contributed by atoms with Crippen molar-refractivity contribution in [3.05, 3.63) is 34.8 Å². The summed E-state index contributed by atoms with van der Waals surface area (Å²) in [5.41, 5.74) is 2.33. The highest BCUT2D eigenvalue weighted by Crippen LogP contribution is 2.39. The van der Waals surface area contributed by atoms with Crippen molar-refractivity contribution in [3.8, 4) is 16.3 Å². The molecule has 1 heterocycles. The van der Waals surface area contributed by atoms with E-state index in [0.29, 0.717) is 6.04 Å². The summed E-state index contributed by atoms with van der Waals surface area (Å²) < 4.78 is 5.44. The van der Waals surface area contributed by atoms with Crippen molar-refractivity contribution in [3.63, 3.8) is 0 Å². The van der Waals surface area contributed by atoms with E-state index in [-0.39, 0.29) is 0 Å². The molecular weight excluding hydrogens is 256 g/mol. The van der Waals surface area contributed by atoms with Gasteiger partial charge in [0.1, 0.15) is 10.8 Å². The molecule has 1 unspecified atom stereocenters. The van der Waals surface area contributed by atoms with E-state index in [2.05, 4.69) is 11.4 Å². The summed E-state index contributed by atoms with van der Waals surface area (Å²) in [6.45, 7) is 0. The zero-order chi connectivity index (χ0) is 13.2. The van der Waals surface area contributed by atoms with E-state index in [9.17, 15) is 0 Å². The van der Waals surface area contributed by atoms with Crippen molar-refractivity contribution < 1.29 is 4.74 Å². The topological polar surface area (TPSA) is 34.1 Å². The Hall–Kier alpha value is -1.39. The number of benzene rings is 1. The first-order chi connectivity index (χ1) is 9.33. The van der Waals surface area contributed by atoms with Crippen LogP contribution in [0.15, 0.2) is 24.3 Å². The van der Waals surface area contributed by atoms with Crippen LogP contribution in [0.5, 0.6) is 5.75 Å². The van der Waals surface area contributed by atoms with Gasteiger partial charge in [0.15, 0.2) is 0 Å². The van der Waals surface area contributed by atoms with E-state index in [0.717, 1.165) is 22.7 Å². The minimum Gasteiger partial charge on any atom is -0.496 e. The molecule has 1 aliphatic rings. The molecule has 0 aliphatic heterocycles. The summed E-state index contributed by atoms with van der Waals surface area (Å²) in [7, 11) is 3.73. The van der Waals surface area contributed by atoms with E-state index in [1.54, 1.807) is 18.4 Å². The lowest BCUT2D eigenvalue weighted by Gasteiger charge is -2.19. The van der Waals surface area contributed by atoms with Gasteiger partial charge in [-0.2, -0.15) is 0 Å². The zero-order valence-electron chi connectivity index (χ0n) is 11.3. The number of para-hydroxylation sites is 1. The molecule has 19 heavy (non-hydrogen) atoms. The molecule has 0 fully saturated rings. The minimum absolute atomic E-state index is 0.406. The van der Waals surface area contributed by atoms with Gasteiger partial charge in [-0.1, -0.05) is 12.1 Å². The first kappa shape index (κ1) is 12.6. The Morgan fingerprint density at radius 3 is 3.00 bits per heavy atom. The molecule has 0 spiro atoms. The van der Waals surface area contributed by atoms with Crippen LogP contribution in [0.1, 0.15) is 29.5 Å². The van der Waals surface area contributed by atoms with Gasteiger partial charge in [0.25, 0.3) is 0 Å². The van der Waals surface area contributed by atoms with E-state index in [4.69, 9.17) is 9.72 Å². The van der Waals surface area contributed by atoms with Crippen LogP contribution in [-0.2, 0) is 6.42 Å². The Morgan fingerprint density at radius 1 is 1.37 bits per heavy atom. The summed E-state index contributed by atoms with van der Waals surface area (Å²) in [6.07, 6.45) is 3.57. The summed E-state index contributed by atoms with van der Waals surface area (Å²) in [4.78, 5) is 6.28. The van der Waals surface area contributed by atoms with Crippen molar-refractivity contribution >= 4 is 11.3 Å². The van der Waals surface area contributed by atoms with Crippen LogP contribution in [0.4, 0.5) is 0 Å². The number of methoxy groups -OCH3 is 1. The van der Waals surface area contributed by atoms with Crippen LogP contribution in [0, 0.1) is 0 Å². The third-order valence-electron chi connectivity index (χ3n) is 3.64. The summed E-state index contributed by atoms with van der Waals surface area (Å²) >= 11 is 1.81. The number of ether oxygens (including phenoxy) is 1. The Balaban J connectivity index is 2.05. The smallest absolute Gasteiger partial charge is 0.129 e. The molecule has 100 valence electrons. The maximum absolute atomic E-state index is 5.44. The van der Waals surface area contributed by atoms with E-state index >= 15 is 0 Å². The van der Waals surface area contributed by atoms with Gasteiger partial charge in [-0.3, -0.25) is 0 Å². The molecule has 1 aromatic heterocycles. The normalized spacial score (nSPS) is 18.1. The average Bonchev–Trinajstić information content (AvgIpc) is 2.90. The fraction of sp³-hybridized carbons (Fsp3) is 0.400. The Kier molecular flexibility index (Phi) is 3.53. The highest BCUT2D eigenvalue weighted by Gasteiger charge is 2.24. The molecule has 3 rings (SSSR count). The number of fused-ring (bicyclic) bond motifs is 1. The SMILES string of the molecule is CNC1CCCc2sc(-c3ccccc3OC)nc21. The van der Waals surface area contributed by atoms with Gasteiger partial charge >= 0.3 is 0 Å². The van der Waals surface area contributed by atoms with Crippen LogP contribution in [0.25, 0.3) is 10.6 Å². The van der Waals surface area contributed by atoms with Gasteiger partial charge in [-0.25, -0.2) is 4.98 Å². The first-order valence-corrected chi connectivity index (χ1v) is 7.45. The Bertz CT molecular complexity index is 579. The molecule has 2 aromatic rings. The largest absolute Gasteiger partial charge is 0.496 e. The second kappa shape index (κ2) is 5.31. The van der Waals surface area contributed by atoms with Crippen LogP contribution in [0.2, 0.25) is 0 Å². The van der Waals surface area contributed by atoms with Crippen molar-refractivity contribution in [2.45, 2.75) is 25.3 Å². The number of hydrogen-bond donors (Lipinski definition) is 1. The molecule has 0 radical (unpaired) electrons. The molecule has 0 bridgehead atoms. The molecule has 3 nitrogen and oxygen atoms in total. The molecular formula is C15H18N2OS. The fourth-order valence-corrected chi connectivity index (χ4v) is 3.83. The molecule has 1 aromatic carbocycles. The maximum atomic E-state index is 5.44. The number of nitrogens with one attached hydrogen (secondary N) is 1.